The molecular weight excluding hydrogens is 260 g/mol. The Morgan fingerprint density at radius 1 is 1.29 bits per heavy atom. The molecule has 1 aliphatic heterocycles. The molecule has 2 rings (SSSR count). The predicted molar refractivity (Wildman–Crippen MR) is 87.4 cm³/mol. The van der Waals surface area contributed by atoms with E-state index in [1.807, 2.05) is 11.8 Å². The summed E-state index contributed by atoms with van der Waals surface area (Å²) < 4.78 is 0. The van der Waals surface area contributed by atoms with E-state index in [1.54, 1.807) is 0 Å². The predicted octanol–water partition coefficient (Wildman–Crippen LogP) is 4.10. The van der Waals surface area contributed by atoms with Gasteiger partial charge in [0.25, 0.3) is 0 Å². The molecule has 1 N–H and O–H groups in total. The van der Waals surface area contributed by atoms with E-state index in [0.29, 0.717) is 5.92 Å². The lowest BCUT2D eigenvalue weighted by atomic mass is 9.86. The number of benzene rings is 1. The lowest BCUT2D eigenvalue weighted by molar-refractivity contribution is 0.204. The van der Waals surface area contributed by atoms with E-state index in [2.05, 4.69) is 57.3 Å². The van der Waals surface area contributed by atoms with Gasteiger partial charge in [-0.1, -0.05) is 52.0 Å². The fourth-order valence-corrected chi connectivity index (χ4v) is 2.75. The minimum atomic E-state index is 0.0439. The zero-order chi connectivity index (χ0) is 15.6. The molecule has 2 atom stereocenters. The first-order valence-electron chi connectivity index (χ1n) is 7.93. The minimum absolute atomic E-state index is 0.0439. The van der Waals surface area contributed by atoms with E-state index >= 15 is 0 Å². The monoisotopic (exact) mass is 288 g/mol. The average molecular weight is 288 g/mol. The molecule has 0 aliphatic carbocycles. The Morgan fingerprint density at radius 3 is 2.38 bits per heavy atom. The first-order chi connectivity index (χ1) is 9.77. The van der Waals surface area contributed by atoms with Gasteiger partial charge in [-0.15, -0.1) is 0 Å². The summed E-state index contributed by atoms with van der Waals surface area (Å²) in [6, 6.07) is 8.68. The molecule has 2 unspecified atom stereocenters. The fraction of sp³-hybridized carbons (Fsp3) is 0.611. The van der Waals surface area contributed by atoms with Crippen molar-refractivity contribution in [3.05, 3.63) is 35.4 Å². The van der Waals surface area contributed by atoms with Crippen LogP contribution in [0, 0.1) is 5.92 Å². The molecule has 0 spiro atoms. The van der Waals surface area contributed by atoms with Gasteiger partial charge in [-0.2, -0.15) is 0 Å². The van der Waals surface area contributed by atoms with Crippen molar-refractivity contribution in [2.45, 2.75) is 52.5 Å². The van der Waals surface area contributed by atoms with Crippen LogP contribution in [-0.2, 0) is 5.41 Å². The summed E-state index contributed by atoms with van der Waals surface area (Å²) >= 11 is 0. The van der Waals surface area contributed by atoms with Crippen molar-refractivity contribution in [1.82, 2.24) is 10.2 Å². The molecule has 1 aromatic rings. The molecule has 3 heteroatoms. The minimum Gasteiger partial charge on any atom is -0.331 e. The number of urea groups is 1. The van der Waals surface area contributed by atoms with Gasteiger partial charge in [0.1, 0.15) is 0 Å². The second kappa shape index (κ2) is 6.08. The van der Waals surface area contributed by atoms with Gasteiger partial charge in [-0.25, -0.2) is 4.79 Å². The Kier molecular flexibility index (Phi) is 4.60. The number of amides is 2. The zero-order valence-electron chi connectivity index (χ0n) is 13.9. The van der Waals surface area contributed by atoms with Gasteiger partial charge >= 0.3 is 6.03 Å². The normalized spacial score (nSPS) is 20.4. The smallest absolute Gasteiger partial charge is 0.317 e. The van der Waals surface area contributed by atoms with Crippen molar-refractivity contribution in [3.8, 4) is 0 Å². The SMILES string of the molecule is CC1CCN(C(=O)NC(C)c2ccc(C(C)(C)C)cc2)C1. The maximum absolute atomic E-state index is 12.2. The molecule has 1 saturated heterocycles. The summed E-state index contributed by atoms with van der Waals surface area (Å²) in [7, 11) is 0. The van der Waals surface area contributed by atoms with Crippen LogP contribution < -0.4 is 5.32 Å². The molecule has 116 valence electrons. The third kappa shape index (κ3) is 3.99. The summed E-state index contributed by atoms with van der Waals surface area (Å²) in [5.74, 6) is 0.622. The highest BCUT2D eigenvalue weighted by Crippen LogP contribution is 2.24. The molecule has 1 aromatic carbocycles. The molecule has 0 bridgehead atoms. The summed E-state index contributed by atoms with van der Waals surface area (Å²) in [6.07, 6.45) is 1.11. The maximum Gasteiger partial charge on any atom is 0.317 e. The third-order valence-corrected chi connectivity index (χ3v) is 4.33. The van der Waals surface area contributed by atoms with E-state index in [0.717, 1.165) is 25.1 Å². The number of likely N-dealkylation sites (tertiary alicyclic amines) is 1. The third-order valence-electron chi connectivity index (χ3n) is 4.33. The molecule has 0 aromatic heterocycles. The zero-order valence-corrected chi connectivity index (χ0v) is 13.9. The summed E-state index contributed by atoms with van der Waals surface area (Å²) in [5.41, 5.74) is 2.64. The molecule has 3 nitrogen and oxygen atoms in total. The van der Waals surface area contributed by atoms with Crippen LogP contribution in [0.1, 0.15) is 58.2 Å². The van der Waals surface area contributed by atoms with Crippen LogP contribution in [0.2, 0.25) is 0 Å². The summed E-state index contributed by atoms with van der Waals surface area (Å²) in [4.78, 5) is 14.1. The number of nitrogens with zero attached hydrogens (tertiary/aromatic N) is 1. The number of nitrogens with one attached hydrogen (secondary N) is 1. The second-order valence-electron chi connectivity index (χ2n) is 7.38. The quantitative estimate of drug-likeness (QED) is 0.873. The van der Waals surface area contributed by atoms with E-state index in [1.165, 1.54) is 5.56 Å². The first-order valence-corrected chi connectivity index (χ1v) is 7.93. The maximum atomic E-state index is 12.2. The lowest BCUT2D eigenvalue weighted by Gasteiger charge is -2.23. The molecular formula is C18H28N2O. The Morgan fingerprint density at radius 2 is 1.90 bits per heavy atom. The van der Waals surface area contributed by atoms with Gasteiger partial charge in [0.2, 0.25) is 0 Å². The Labute approximate surface area is 128 Å². The molecule has 1 fully saturated rings. The second-order valence-corrected chi connectivity index (χ2v) is 7.38. The van der Waals surface area contributed by atoms with Crippen LogP contribution in [0.3, 0.4) is 0 Å². The van der Waals surface area contributed by atoms with E-state index in [9.17, 15) is 4.79 Å². The molecule has 2 amide bonds. The number of hydrogen-bond donors (Lipinski definition) is 1. The Balaban J connectivity index is 1.97. The van der Waals surface area contributed by atoms with E-state index in [4.69, 9.17) is 0 Å². The fourth-order valence-electron chi connectivity index (χ4n) is 2.75. The van der Waals surface area contributed by atoms with Crippen molar-refractivity contribution >= 4 is 6.03 Å². The standard InChI is InChI=1S/C18H28N2O/c1-13-10-11-20(12-13)17(21)19-14(2)15-6-8-16(9-7-15)18(3,4)5/h6-9,13-14H,10-12H2,1-5H3,(H,19,21). The van der Waals surface area contributed by atoms with Crippen molar-refractivity contribution < 1.29 is 4.79 Å². The van der Waals surface area contributed by atoms with Crippen molar-refractivity contribution in [1.29, 1.82) is 0 Å². The van der Waals surface area contributed by atoms with Gasteiger partial charge in [-0.3, -0.25) is 0 Å². The molecule has 0 saturated carbocycles. The highest BCUT2D eigenvalue weighted by molar-refractivity contribution is 5.75. The van der Waals surface area contributed by atoms with Gasteiger partial charge in [0.15, 0.2) is 0 Å². The van der Waals surface area contributed by atoms with Gasteiger partial charge < -0.3 is 10.2 Å². The largest absolute Gasteiger partial charge is 0.331 e. The van der Waals surface area contributed by atoms with E-state index in [-0.39, 0.29) is 17.5 Å². The number of carbonyl (C=O) groups excluding carboxylic acids is 1. The summed E-state index contributed by atoms with van der Waals surface area (Å²) in [5, 5.41) is 3.10. The lowest BCUT2D eigenvalue weighted by Crippen LogP contribution is -2.39. The Hall–Kier alpha value is -1.51. The van der Waals surface area contributed by atoms with Gasteiger partial charge in [0.05, 0.1) is 6.04 Å². The highest BCUT2D eigenvalue weighted by atomic mass is 16.2. The molecule has 1 heterocycles. The van der Waals surface area contributed by atoms with Crippen LogP contribution in [0.15, 0.2) is 24.3 Å². The van der Waals surface area contributed by atoms with Crippen LogP contribution in [0.25, 0.3) is 0 Å². The number of carbonyl (C=O) groups is 1. The van der Waals surface area contributed by atoms with Crippen LogP contribution in [-0.4, -0.2) is 24.0 Å². The molecule has 21 heavy (non-hydrogen) atoms. The van der Waals surface area contributed by atoms with Crippen molar-refractivity contribution in [3.63, 3.8) is 0 Å². The molecule has 1 aliphatic rings. The Bertz CT molecular complexity index is 487. The van der Waals surface area contributed by atoms with Gasteiger partial charge in [0, 0.05) is 13.1 Å². The highest BCUT2D eigenvalue weighted by Gasteiger charge is 2.24. The average Bonchev–Trinajstić information content (AvgIpc) is 2.84. The molecule has 0 radical (unpaired) electrons. The van der Waals surface area contributed by atoms with Crippen LogP contribution in [0.5, 0.6) is 0 Å². The van der Waals surface area contributed by atoms with Crippen molar-refractivity contribution in [2.75, 3.05) is 13.1 Å². The van der Waals surface area contributed by atoms with Crippen molar-refractivity contribution in [2.24, 2.45) is 5.92 Å². The van der Waals surface area contributed by atoms with Gasteiger partial charge in [-0.05, 0) is 35.8 Å². The van der Waals surface area contributed by atoms with Crippen LogP contribution in [0.4, 0.5) is 4.79 Å². The van der Waals surface area contributed by atoms with E-state index < -0.39 is 0 Å². The topological polar surface area (TPSA) is 32.3 Å². The summed E-state index contributed by atoms with van der Waals surface area (Å²) in [6.45, 7) is 12.6. The number of hydrogen-bond acceptors (Lipinski definition) is 1. The first kappa shape index (κ1) is 15.9. The van der Waals surface area contributed by atoms with Crippen LogP contribution >= 0.6 is 0 Å². The number of rotatable bonds is 2.